The van der Waals surface area contributed by atoms with Crippen molar-refractivity contribution in [2.75, 3.05) is 18.4 Å². The van der Waals surface area contributed by atoms with E-state index in [1.807, 2.05) is 17.0 Å². The van der Waals surface area contributed by atoms with Crippen LogP contribution >= 0.6 is 0 Å². The van der Waals surface area contributed by atoms with Crippen LogP contribution in [0.25, 0.3) is 0 Å². The Bertz CT molecular complexity index is 918. The molecule has 130 valence electrons. The van der Waals surface area contributed by atoms with E-state index < -0.39 is 10.0 Å². The van der Waals surface area contributed by atoms with Crippen LogP contribution in [0.15, 0.2) is 57.8 Å². The van der Waals surface area contributed by atoms with E-state index in [1.54, 1.807) is 24.3 Å². The zero-order chi connectivity index (χ0) is 17.4. The van der Waals surface area contributed by atoms with Crippen LogP contribution < -0.4 is 5.32 Å². The van der Waals surface area contributed by atoms with Gasteiger partial charge in [-0.05, 0) is 49.2 Å². The summed E-state index contributed by atoms with van der Waals surface area (Å²) in [6.07, 6.45) is 1.72. The summed E-state index contributed by atoms with van der Waals surface area (Å²) in [5, 5.41) is 3.40. The zero-order valence-corrected chi connectivity index (χ0v) is 14.3. The molecule has 0 atom stereocenters. The van der Waals surface area contributed by atoms with E-state index in [4.69, 9.17) is 0 Å². The highest BCUT2D eigenvalue weighted by molar-refractivity contribution is 7.90. The predicted molar refractivity (Wildman–Crippen MR) is 94.8 cm³/mol. The van der Waals surface area contributed by atoms with Crippen LogP contribution in [0.4, 0.5) is 10.1 Å². The van der Waals surface area contributed by atoms with E-state index >= 15 is 0 Å². The molecule has 1 fully saturated rings. The zero-order valence-electron chi connectivity index (χ0n) is 13.5. The Balaban J connectivity index is 1.45. The van der Waals surface area contributed by atoms with Gasteiger partial charge in [0.25, 0.3) is 10.0 Å². The average Bonchev–Trinajstić information content (AvgIpc) is 2.90. The SMILES string of the molecule is O=S1(=O)N=C(N2CCC(Nc3ccc(F)cc3)CC2)c2ccccc21. The first-order valence-corrected chi connectivity index (χ1v) is 9.68. The summed E-state index contributed by atoms with van der Waals surface area (Å²) in [5.74, 6) is 0.301. The number of rotatable bonds is 2. The van der Waals surface area contributed by atoms with Crippen molar-refractivity contribution < 1.29 is 12.8 Å². The lowest BCUT2D eigenvalue weighted by atomic mass is 10.0. The van der Waals surface area contributed by atoms with E-state index in [0.29, 0.717) is 11.4 Å². The Morgan fingerprint density at radius 3 is 2.44 bits per heavy atom. The molecule has 1 saturated heterocycles. The summed E-state index contributed by atoms with van der Waals surface area (Å²) < 4.78 is 41.3. The number of fused-ring (bicyclic) bond motifs is 1. The summed E-state index contributed by atoms with van der Waals surface area (Å²) in [6.45, 7) is 1.45. The largest absolute Gasteiger partial charge is 0.382 e. The van der Waals surface area contributed by atoms with Crippen LogP contribution in [0.1, 0.15) is 18.4 Å². The maximum Gasteiger partial charge on any atom is 0.285 e. The van der Waals surface area contributed by atoms with Gasteiger partial charge in [0.1, 0.15) is 10.7 Å². The molecule has 0 spiro atoms. The van der Waals surface area contributed by atoms with Gasteiger partial charge in [0, 0.05) is 30.4 Å². The molecule has 0 unspecified atom stereocenters. The Morgan fingerprint density at radius 1 is 1.04 bits per heavy atom. The summed E-state index contributed by atoms with van der Waals surface area (Å²) in [4.78, 5) is 2.32. The minimum atomic E-state index is -3.58. The molecular weight excluding hydrogens is 341 g/mol. The Hall–Kier alpha value is -2.41. The van der Waals surface area contributed by atoms with Crippen LogP contribution in [-0.4, -0.2) is 38.3 Å². The maximum absolute atomic E-state index is 13.0. The summed E-state index contributed by atoms with van der Waals surface area (Å²) in [5.41, 5.74) is 1.58. The van der Waals surface area contributed by atoms with Crippen LogP contribution in [0, 0.1) is 5.82 Å². The summed E-state index contributed by atoms with van der Waals surface area (Å²) in [7, 11) is -3.58. The minimum Gasteiger partial charge on any atom is -0.382 e. The molecule has 2 aromatic carbocycles. The molecule has 0 amide bonds. The van der Waals surface area contributed by atoms with Gasteiger partial charge in [0.2, 0.25) is 0 Å². The quantitative estimate of drug-likeness (QED) is 0.896. The first-order chi connectivity index (χ1) is 12.0. The standard InChI is InChI=1S/C18H18FN3O2S/c19-13-5-7-14(8-6-13)20-15-9-11-22(12-10-15)18-16-3-1-2-4-17(16)25(23,24)21-18/h1-8,15,20H,9-12H2. The first-order valence-electron chi connectivity index (χ1n) is 8.24. The number of hydrogen-bond acceptors (Lipinski definition) is 4. The molecule has 0 aliphatic carbocycles. The van der Waals surface area contributed by atoms with E-state index in [0.717, 1.165) is 31.6 Å². The molecule has 2 aromatic rings. The second-order valence-corrected chi connectivity index (χ2v) is 7.87. The van der Waals surface area contributed by atoms with Crippen molar-refractivity contribution in [3.63, 3.8) is 0 Å². The number of anilines is 1. The number of nitrogens with one attached hydrogen (secondary N) is 1. The number of likely N-dealkylation sites (tertiary alicyclic amines) is 1. The van der Waals surface area contributed by atoms with Crippen molar-refractivity contribution >= 4 is 21.5 Å². The topological polar surface area (TPSA) is 61.8 Å². The molecular formula is C18H18FN3O2S. The first kappa shape index (κ1) is 16.1. The van der Waals surface area contributed by atoms with E-state index in [9.17, 15) is 12.8 Å². The maximum atomic E-state index is 13.0. The van der Waals surface area contributed by atoms with Crippen molar-refractivity contribution in [2.24, 2.45) is 4.40 Å². The van der Waals surface area contributed by atoms with Gasteiger partial charge in [-0.1, -0.05) is 12.1 Å². The lowest BCUT2D eigenvalue weighted by Gasteiger charge is -2.34. The van der Waals surface area contributed by atoms with Gasteiger partial charge in [0.05, 0.1) is 0 Å². The summed E-state index contributed by atoms with van der Waals surface area (Å²) in [6, 6.07) is 13.6. The van der Waals surface area contributed by atoms with Crippen LogP contribution in [0.2, 0.25) is 0 Å². The predicted octanol–water partition coefficient (Wildman–Crippen LogP) is 2.85. The van der Waals surface area contributed by atoms with Crippen LogP contribution in [0.3, 0.4) is 0 Å². The number of amidine groups is 1. The highest BCUT2D eigenvalue weighted by Crippen LogP contribution is 2.29. The molecule has 0 radical (unpaired) electrons. The van der Waals surface area contributed by atoms with Gasteiger partial charge in [-0.25, -0.2) is 4.39 Å². The highest BCUT2D eigenvalue weighted by atomic mass is 32.2. The second kappa shape index (κ2) is 6.15. The fourth-order valence-corrected chi connectivity index (χ4v) is 4.56. The second-order valence-electron chi connectivity index (χ2n) is 6.30. The lowest BCUT2D eigenvalue weighted by molar-refractivity contribution is 0.325. The van der Waals surface area contributed by atoms with Crippen molar-refractivity contribution in [3.05, 3.63) is 59.9 Å². The molecule has 0 saturated carbocycles. The molecule has 7 heteroatoms. The van der Waals surface area contributed by atoms with Gasteiger partial charge in [-0.15, -0.1) is 4.40 Å². The average molecular weight is 359 g/mol. The van der Waals surface area contributed by atoms with Gasteiger partial charge >= 0.3 is 0 Å². The van der Waals surface area contributed by atoms with Gasteiger partial charge in [-0.3, -0.25) is 0 Å². The van der Waals surface area contributed by atoms with E-state index in [2.05, 4.69) is 9.71 Å². The monoisotopic (exact) mass is 359 g/mol. The number of halogens is 1. The van der Waals surface area contributed by atoms with Crippen LogP contribution in [0.5, 0.6) is 0 Å². The normalized spacial score (nSPS) is 19.4. The van der Waals surface area contributed by atoms with Crippen molar-refractivity contribution in [3.8, 4) is 0 Å². The fourth-order valence-electron chi connectivity index (χ4n) is 3.33. The number of hydrogen-bond donors (Lipinski definition) is 1. The number of nitrogens with zero attached hydrogens (tertiary/aromatic N) is 2. The Labute approximate surface area is 146 Å². The molecule has 0 aromatic heterocycles. The lowest BCUT2D eigenvalue weighted by Crippen LogP contribution is -2.42. The smallest absolute Gasteiger partial charge is 0.285 e. The van der Waals surface area contributed by atoms with E-state index in [-0.39, 0.29) is 16.8 Å². The third kappa shape index (κ3) is 3.11. The van der Waals surface area contributed by atoms with Crippen molar-refractivity contribution in [1.29, 1.82) is 0 Å². The number of sulfonamides is 1. The molecule has 2 aliphatic heterocycles. The van der Waals surface area contributed by atoms with Gasteiger partial charge in [0.15, 0.2) is 5.84 Å². The molecule has 1 N–H and O–H groups in total. The summed E-state index contributed by atoms with van der Waals surface area (Å²) >= 11 is 0. The van der Waals surface area contributed by atoms with E-state index in [1.165, 1.54) is 12.1 Å². The number of piperidine rings is 1. The third-order valence-corrected chi connectivity index (χ3v) is 5.95. The third-order valence-electron chi connectivity index (χ3n) is 4.62. The van der Waals surface area contributed by atoms with Crippen LogP contribution in [-0.2, 0) is 10.0 Å². The Morgan fingerprint density at radius 2 is 1.72 bits per heavy atom. The molecule has 4 rings (SSSR count). The van der Waals surface area contributed by atoms with Crippen molar-refractivity contribution in [1.82, 2.24) is 4.90 Å². The van der Waals surface area contributed by atoms with Crippen molar-refractivity contribution in [2.45, 2.75) is 23.8 Å². The highest BCUT2D eigenvalue weighted by Gasteiger charge is 2.33. The minimum absolute atomic E-state index is 0.250. The van der Waals surface area contributed by atoms with Gasteiger partial charge in [-0.2, -0.15) is 8.42 Å². The molecule has 5 nitrogen and oxygen atoms in total. The Kier molecular flexibility index (Phi) is 3.95. The fraction of sp³-hybridized carbons (Fsp3) is 0.278. The molecule has 0 bridgehead atoms. The number of benzene rings is 2. The molecule has 2 aliphatic rings. The molecule has 2 heterocycles. The van der Waals surface area contributed by atoms with Gasteiger partial charge < -0.3 is 10.2 Å². The molecule has 25 heavy (non-hydrogen) atoms.